The Labute approximate surface area is 147 Å². The molecule has 132 valence electrons. The van der Waals surface area contributed by atoms with Crippen molar-refractivity contribution in [1.29, 1.82) is 0 Å². The van der Waals surface area contributed by atoms with E-state index >= 15 is 0 Å². The number of carbonyl (C=O) groups is 1. The van der Waals surface area contributed by atoms with Crippen molar-refractivity contribution in [2.24, 2.45) is 5.92 Å². The monoisotopic (exact) mass is 351 g/mol. The number of likely N-dealkylation sites (tertiary alicyclic amines) is 1. The number of piperidine rings is 1. The SMILES string of the molecule is C[C@H]1CCCN(CCNC(=O)N[C@@H]2CCSc3ccc(F)cc32)C1. The summed E-state index contributed by atoms with van der Waals surface area (Å²) in [6, 6.07) is 4.56. The zero-order valence-electron chi connectivity index (χ0n) is 14.2. The Bertz CT molecular complexity index is 583. The van der Waals surface area contributed by atoms with E-state index in [4.69, 9.17) is 0 Å². The maximum absolute atomic E-state index is 13.5. The van der Waals surface area contributed by atoms with Crippen LogP contribution in [0.2, 0.25) is 0 Å². The number of carbonyl (C=O) groups excluding carboxylic acids is 1. The number of hydrogen-bond donors (Lipinski definition) is 2. The molecule has 3 rings (SSSR count). The van der Waals surface area contributed by atoms with Crippen molar-refractivity contribution in [1.82, 2.24) is 15.5 Å². The quantitative estimate of drug-likeness (QED) is 0.874. The van der Waals surface area contributed by atoms with E-state index in [2.05, 4.69) is 22.5 Å². The van der Waals surface area contributed by atoms with E-state index in [9.17, 15) is 9.18 Å². The molecule has 1 aromatic carbocycles. The molecule has 2 aliphatic rings. The number of nitrogens with zero attached hydrogens (tertiary/aromatic N) is 1. The molecule has 1 aromatic rings. The molecule has 0 bridgehead atoms. The van der Waals surface area contributed by atoms with Gasteiger partial charge in [0, 0.05) is 30.3 Å². The van der Waals surface area contributed by atoms with Gasteiger partial charge in [-0.2, -0.15) is 0 Å². The molecule has 0 spiro atoms. The first-order valence-corrected chi connectivity index (χ1v) is 9.79. The lowest BCUT2D eigenvalue weighted by Crippen LogP contribution is -2.44. The molecule has 0 aromatic heterocycles. The average Bonchev–Trinajstić information content (AvgIpc) is 2.55. The summed E-state index contributed by atoms with van der Waals surface area (Å²) in [7, 11) is 0. The van der Waals surface area contributed by atoms with Crippen LogP contribution in [0.3, 0.4) is 0 Å². The molecular formula is C18H26FN3OS. The fourth-order valence-corrected chi connectivity index (χ4v) is 4.65. The number of fused-ring (bicyclic) bond motifs is 1. The normalized spacial score (nSPS) is 24.2. The Kier molecular flexibility index (Phi) is 6.00. The van der Waals surface area contributed by atoms with Crippen molar-refractivity contribution in [2.45, 2.75) is 37.1 Å². The van der Waals surface area contributed by atoms with Gasteiger partial charge in [0.1, 0.15) is 5.82 Å². The van der Waals surface area contributed by atoms with Crippen molar-refractivity contribution < 1.29 is 9.18 Å². The minimum absolute atomic E-state index is 0.105. The van der Waals surface area contributed by atoms with E-state index < -0.39 is 0 Å². The number of benzene rings is 1. The van der Waals surface area contributed by atoms with Crippen LogP contribution in [0.1, 0.15) is 37.8 Å². The molecule has 0 aliphatic carbocycles. The highest BCUT2D eigenvalue weighted by molar-refractivity contribution is 7.99. The molecular weight excluding hydrogens is 325 g/mol. The van der Waals surface area contributed by atoms with Crippen LogP contribution in [0, 0.1) is 11.7 Å². The number of amides is 2. The summed E-state index contributed by atoms with van der Waals surface area (Å²) in [5.41, 5.74) is 0.895. The maximum atomic E-state index is 13.5. The number of halogens is 1. The molecule has 2 N–H and O–H groups in total. The van der Waals surface area contributed by atoms with E-state index in [0.717, 1.165) is 48.2 Å². The van der Waals surface area contributed by atoms with Crippen LogP contribution >= 0.6 is 11.8 Å². The highest BCUT2D eigenvalue weighted by Crippen LogP contribution is 2.36. The lowest BCUT2D eigenvalue weighted by molar-refractivity contribution is 0.183. The third-order valence-electron chi connectivity index (χ3n) is 4.77. The number of hydrogen-bond acceptors (Lipinski definition) is 3. The van der Waals surface area contributed by atoms with E-state index in [-0.39, 0.29) is 17.9 Å². The average molecular weight is 351 g/mol. The predicted molar refractivity (Wildman–Crippen MR) is 95.9 cm³/mol. The van der Waals surface area contributed by atoms with Crippen molar-refractivity contribution >= 4 is 17.8 Å². The molecule has 2 heterocycles. The number of rotatable bonds is 4. The molecule has 6 heteroatoms. The molecule has 4 nitrogen and oxygen atoms in total. The first-order chi connectivity index (χ1) is 11.6. The Morgan fingerprint density at radius 2 is 2.29 bits per heavy atom. The zero-order chi connectivity index (χ0) is 16.9. The number of nitrogens with one attached hydrogen (secondary N) is 2. The predicted octanol–water partition coefficient (Wildman–Crippen LogP) is 3.39. The third kappa shape index (κ3) is 4.63. The van der Waals surface area contributed by atoms with Gasteiger partial charge in [-0.15, -0.1) is 11.8 Å². The summed E-state index contributed by atoms with van der Waals surface area (Å²) in [5, 5.41) is 5.95. The summed E-state index contributed by atoms with van der Waals surface area (Å²) >= 11 is 1.72. The highest BCUT2D eigenvalue weighted by atomic mass is 32.2. The second-order valence-corrected chi connectivity index (χ2v) is 7.96. The molecule has 2 amide bonds. The van der Waals surface area contributed by atoms with Crippen molar-refractivity contribution in [2.75, 3.05) is 31.9 Å². The Morgan fingerprint density at radius 3 is 3.12 bits per heavy atom. The molecule has 1 saturated heterocycles. The lowest BCUT2D eigenvalue weighted by atomic mass is 10.0. The zero-order valence-corrected chi connectivity index (χ0v) is 15.0. The standard InChI is InChI=1S/C18H26FN3OS/c1-13-3-2-8-22(12-13)9-7-20-18(23)21-16-6-10-24-17-5-4-14(19)11-15(16)17/h4-5,11,13,16H,2-3,6-10,12H2,1H3,(H2,20,21,23)/t13-,16+/m0/s1. The van der Waals surface area contributed by atoms with Crippen LogP contribution in [0.5, 0.6) is 0 Å². The summed E-state index contributed by atoms with van der Waals surface area (Å²) in [6.45, 7) is 6.07. The van der Waals surface area contributed by atoms with Gasteiger partial charge in [-0.05, 0) is 55.5 Å². The van der Waals surface area contributed by atoms with Gasteiger partial charge in [-0.1, -0.05) is 6.92 Å². The minimum Gasteiger partial charge on any atom is -0.337 e. The molecule has 24 heavy (non-hydrogen) atoms. The first-order valence-electron chi connectivity index (χ1n) is 8.81. The van der Waals surface area contributed by atoms with E-state index in [1.807, 2.05) is 0 Å². The van der Waals surface area contributed by atoms with Gasteiger partial charge in [-0.25, -0.2) is 9.18 Å². The Morgan fingerprint density at radius 1 is 1.42 bits per heavy atom. The van der Waals surface area contributed by atoms with Gasteiger partial charge in [0.15, 0.2) is 0 Å². The van der Waals surface area contributed by atoms with Crippen LogP contribution in [0.4, 0.5) is 9.18 Å². The largest absolute Gasteiger partial charge is 0.337 e. The number of thioether (sulfide) groups is 1. The van der Waals surface area contributed by atoms with Crippen LogP contribution in [-0.4, -0.2) is 42.9 Å². The van der Waals surface area contributed by atoms with Crippen molar-refractivity contribution in [3.05, 3.63) is 29.6 Å². The minimum atomic E-state index is -0.248. The first kappa shape index (κ1) is 17.5. The van der Waals surface area contributed by atoms with Crippen LogP contribution in [-0.2, 0) is 0 Å². The van der Waals surface area contributed by atoms with Gasteiger partial charge in [-0.3, -0.25) is 0 Å². The van der Waals surface area contributed by atoms with Crippen molar-refractivity contribution in [3.63, 3.8) is 0 Å². The second-order valence-electron chi connectivity index (χ2n) is 6.82. The summed E-state index contributed by atoms with van der Waals surface area (Å²) in [5.74, 6) is 1.44. The van der Waals surface area contributed by atoms with Gasteiger partial charge in [0.2, 0.25) is 0 Å². The van der Waals surface area contributed by atoms with Gasteiger partial charge >= 0.3 is 6.03 Å². The molecule has 0 radical (unpaired) electrons. The van der Waals surface area contributed by atoms with E-state index in [0.29, 0.717) is 6.54 Å². The fourth-order valence-electron chi connectivity index (χ4n) is 3.54. The maximum Gasteiger partial charge on any atom is 0.315 e. The molecule has 0 saturated carbocycles. The lowest BCUT2D eigenvalue weighted by Gasteiger charge is -2.31. The van der Waals surface area contributed by atoms with Crippen LogP contribution < -0.4 is 10.6 Å². The van der Waals surface area contributed by atoms with E-state index in [1.165, 1.54) is 18.9 Å². The second kappa shape index (κ2) is 8.21. The summed E-state index contributed by atoms with van der Waals surface area (Å²) < 4.78 is 13.5. The van der Waals surface area contributed by atoms with Gasteiger partial charge < -0.3 is 15.5 Å². The molecule has 2 aliphatic heterocycles. The fraction of sp³-hybridized carbons (Fsp3) is 0.611. The summed E-state index contributed by atoms with van der Waals surface area (Å²) in [6.07, 6.45) is 3.38. The Hall–Kier alpha value is -1.27. The highest BCUT2D eigenvalue weighted by Gasteiger charge is 2.23. The Balaban J connectivity index is 1.46. The van der Waals surface area contributed by atoms with Gasteiger partial charge in [0.25, 0.3) is 0 Å². The van der Waals surface area contributed by atoms with Crippen molar-refractivity contribution in [3.8, 4) is 0 Å². The van der Waals surface area contributed by atoms with Crippen LogP contribution in [0.25, 0.3) is 0 Å². The smallest absolute Gasteiger partial charge is 0.315 e. The molecule has 0 unspecified atom stereocenters. The number of urea groups is 1. The molecule has 1 fully saturated rings. The summed E-state index contributed by atoms with van der Waals surface area (Å²) in [4.78, 5) is 15.6. The topological polar surface area (TPSA) is 44.4 Å². The van der Waals surface area contributed by atoms with E-state index in [1.54, 1.807) is 23.9 Å². The van der Waals surface area contributed by atoms with Gasteiger partial charge in [0.05, 0.1) is 6.04 Å². The third-order valence-corrected chi connectivity index (χ3v) is 5.89. The van der Waals surface area contributed by atoms with Crippen LogP contribution in [0.15, 0.2) is 23.1 Å². The molecule has 2 atom stereocenters.